The SMILES string of the molecule is CN1CC/C(=C(\c2ccc(S(C)(=O)=O)cc2)c2ccc(Cl)c(Cl)c2)C1=O. The van der Waals surface area contributed by atoms with Crippen LogP contribution in [-0.4, -0.2) is 39.1 Å². The summed E-state index contributed by atoms with van der Waals surface area (Å²) >= 11 is 12.2. The second-order valence-corrected chi connectivity index (χ2v) is 9.09. The number of benzene rings is 2. The monoisotopic (exact) mass is 409 g/mol. The molecule has 0 saturated carbocycles. The maximum Gasteiger partial charge on any atom is 0.250 e. The van der Waals surface area contributed by atoms with Gasteiger partial charge in [-0.1, -0.05) is 41.4 Å². The molecule has 1 saturated heterocycles. The molecule has 0 N–H and O–H groups in total. The van der Waals surface area contributed by atoms with Crippen molar-refractivity contribution < 1.29 is 13.2 Å². The second kappa shape index (κ2) is 7.06. The average molecular weight is 410 g/mol. The van der Waals surface area contributed by atoms with Crippen LogP contribution in [0, 0.1) is 0 Å². The minimum Gasteiger partial charge on any atom is -0.342 e. The summed E-state index contributed by atoms with van der Waals surface area (Å²) in [5.74, 6) is -0.0433. The first-order valence-corrected chi connectivity index (χ1v) is 10.6. The largest absolute Gasteiger partial charge is 0.342 e. The molecule has 0 aromatic heterocycles. The maximum absolute atomic E-state index is 12.6. The van der Waals surface area contributed by atoms with Gasteiger partial charge in [-0.25, -0.2) is 8.42 Å². The van der Waals surface area contributed by atoms with E-state index in [1.165, 1.54) is 0 Å². The molecular weight excluding hydrogens is 393 g/mol. The van der Waals surface area contributed by atoms with Crippen LogP contribution in [-0.2, 0) is 14.6 Å². The lowest BCUT2D eigenvalue weighted by molar-refractivity contribution is -0.123. The van der Waals surface area contributed by atoms with Crippen LogP contribution in [0.3, 0.4) is 0 Å². The van der Waals surface area contributed by atoms with Crippen molar-refractivity contribution in [2.45, 2.75) is 11.3 Å². The van der Waals surface area contributed by atoms with Crippen molar-refractivity contribution in [2.24, 2.45) is 0 Å². The van der Waals surface area contributed by atoms with Crippen LogP contribution in [0.2, 0.25) is 10.0 Å². The Morgan fingerprint density at radius 3 is 2.12 bits per heavy atom. The molecule has 4 nitrogen and oxygen atoms in total. The van der Waals surface area contributed by atoms with Crippen molar-refractivity contribution in [3.63, 3.8) is 0 Å². The highest BCUT2D eigenvalue weighted by atomic mass is 35.5. The van der Waals surface area contributed by atoms with Gasteiger partial charge >= 0.3 is 0 Å². The number of nitrogens with zero attached hydrogens (tertiary/aromatic N) is 1. The number of likely N-dealkylation sites (N-methyl/N-ethyl adjacent to an activating group) is 1. The molecule has 7 heteroatoms. The van der Waals surface area contributed by atoms with Gasteiger partial charge in [-0.3, -0.25) is 4.79 Å². The third-order valence-corrected chi connectivity index (χ3v) is 6.25. The zero-order valence-electron chi connectivity index (χ0n) is 14.3. The minimum absolute atomic E-state index is 0.0433. The first kappa shape index (κ1) is 19.0. The Hall–Kier alpha value is -1.82. The zero-order valence-corrected chi connectivity index (χ0v) is 16.6. The lowest BCUT2D eigenvalue weighted by Crippen LogP contribution is -2.19. The number of carbonyl (C=O) groups excluding carboxylic acids is 1. The number of rotatable bonds is 3. The summed E-state index contributed by atoms with van der Waals surface area (Å²) in [6.07, 6.45) is 1.77. The smallest absolute Gasteiger partial charge is 0.250 e. The van der Waals surface area contributed by atoms with E-state index in [9.17, 15) is 13.2 Å². The highest BCUT2D eigenvalue weighted by molar-refractivity contribution is 7.90. The fourth-order valence-electron chi connectivity index (χ4n) is 2.99. The van der Waals surface area contributed by atoms with Gasteiger partial charge in [0.1, 0.15) is 0 Å². The van der Waals surface area contributed by atoms with Crippen molar-refractivity contribution in [1.29, 1.82) is 0 Å². The molecule has 1 aliphatic heterocycles. The number of hydrogen-bond acceptors (Lipinski definition) is 3. The molecule has 1 amide bonds. The van der Waals surface area contributed by atoms with E-state index in [0.29, 0.717) is 28.6 Å². The standard InChI is InChI=1S/C19H17Cl2NO3S/c1-22-10-9-15(19(22)23)18(13-5-8-16(20)17(21)11-13)12-3-6-14(7-4-12)26(2,24)25/h3-8,11H,9-10H2,1-2H3/b18-15-. The third kappa shape index (κ3) is 3.65. The fraction of sp³-hybridized carbons (Fsp3) is 0.211. The summed E-state index contributed by atoms with van der Waals surface area (Å²) < 4.78 is 23.4. The Kier molecular flexibility index (Phi) is 5.15. The Bertz CT molecular complexity index is 1010. The van der Waals surface area contributed by atoms with Gasteiger partial charge in [0.2, 0.25) is 5.91 Å². The molecule has 0 bridgehead atoms. The van der Waals surface area contributed by atoms with Crippen LogP contribution >= 0.6 is 23.2 Å². The molecule has 0 radical (unpaired) electrons. The molecule has 1 heterocycles. The molecule has 2 aromatic rings. The fourth-order valence-corrected chi connectivity index (χ4v) is 3.91. The first-order chi connectivity index (χ1) is 12.2. The van der Waals surface area contributed by atoms with Gasteiger partial charge < -0.3 is 4.90 Å². The van der Waals surface area contributed by atoms with Crippen LogP contribution in [0.5, 0.6) is 0 Å². The highest BCUT2D eigenvalue weighted by Gasteiger charge is 2.27. The van der Waals surface area contributed by atoms with Gasteiger partial charge in [-0.05, 0) is 47.4 Å². The van der Waals surface area contributed by atoms with Gasteiger partial charge in [-0.15, -0.1) is 0 Å². The van der Waals surface area contributed by atoms with E-state index in [1.807, 2.05) is 6.07 Å². The molecule has 3 rings (SSSR count). The van der Waals surface area contributed by atoms with Crippen LogP contribution in [0.1, 0.15) is 17.5 Å². The molecule has 2 aromatic carbocycles. The molecule has 0 atom stereocenters. The van der Waals surface area contributed by atoms with Crippen LogP contribution in [0.25, 0.3) is 5.57 Å². The van der Waals surface area contributed by atoms with E-state index in [2.05, 4.69) is 0 Å². The van der Waals surface area contributed by atoms with Crippen LogP contribution < -0.4 is 0 Å². The summed E-state index contributed by atoms with van der Waals surface area (Å²) in [7, 11) is -1.53. The van der Waals surface area contributed by atoms with E-state index in [0.717, 1.165) is 23.0 Å². The molecule has 0 unspecified atom stereocenters. The Morgan fingerprint density at radius 2 is 1.62 bits per heavy atom. The number of halogens is 2. The molecule has 0 spiro atoms. The summed E-state index contributed by atoms with van der Waals surface area (Å²) in [5, 5.41) is 0.830. The average Bonchev–Trinajstić information content (AvgIpc) is 2.91. The van der Waals surface area contributed by atoms with E-state index in [-0.39, 0.29) is 10.8 Å². The van der Waals surface area contributed by atoms with E-state index in [1.54, 1.807) is 48.3 Å². The Balaban J connectivity index is 2.20. The highest BCUT2D eigenvalue weighted by Crippen LogP contribution is 2.35. The van der Waals surface area contributed by atoms with Gasteiger partial charge in [0.25, 0.3) is 0 Å². The van der Waals surface area contributed by atoms with Gasteiger partial charge in [-0.2, -0.15) is 0 Å². The van der Waals surface area contributed by atoms with E-state index < -0.39 is 9.84 Å². The summed E-state index contributed by atoms with van der Waals surface area (Å²) in [6.45, 7) is 0.639. The van der Waals surface area contributed by atoms with Crippen molar-refractivity contribution in [3.05, 3.63) is 69.2 Å². The zero-order chi connectivity index (χ0) is 19.1. The van der Waals surface area contributed by atoms with Crippen molar-refractivity contribution in [1.82, 2.24) is 4.90 Å². The number of hydrogen-bond donors (Lipinski definition) is 0. The van der Waals surface area contributed by atoms with Crippen LogP contribution in [0.15, 0.2) is 52.9 Å². The van der Waals surface area contributed by atoms with Crippen molar-refractivity contribution in [3.8, 4) is 0 Å². The maximum atomic E-state index is 12.6. The lowest BCUT2D eigenvalue weighted by Gasteiger charge is -2.14. The lowest BCUT2D eigenvalue weighted by atomic mass is 9.92. The summed E-state index contributed by atoms with van der Waals surface area (Å²) in [5.41, 5.74) is 2.95. The van der Waals surface area contributed by atoms with Crippen LogP contribution in [0.4, 0.5) is 0 Å². The molecular formula is C19H17Cl2NO3S. The molecule has 1 fully saturated rings. The number of amides is 1. The molecule has 136 valence electrons. The molecule has 0 aliphatic carbocycles. The molecule has 26 heavy (non-hydrogen) atoms. The van der Waals surface area contributed by atoms with E-state index in [4.69, 9.17) is 23.2 Å². The van der Waals surface area contributed by atoms with Gasteiger partial charge in [0.05, 0.1) is 14.9 Å². The number of likely N-dealkylation sites (tertiary alicyclic amines) is 1. The van der Waals surface area contributed by atoms with Crippen molar-refractivity contribution >= 4 is 44.5 Å². The Labute approximate surface area is 163 Å². The second-order valence-electron chi connectivity index (χ2n) is 6.26. The molecule has 1 aliphatic rings. The summed E-state index contributed by atoms with van der Waals surface area (Å²) in [4.78, 5) is 14.5. The first-order valence-electron chi connectivity index (χ1n) is 7.93. The quantitative estimate of drug-likeness (QED) is 0.718. The third-order valence-electron chi connectivity index (χ3n) is 4.38. The van der Waals surface area contributed by atoms with Gasteiger partial charge in [0.15, 0.2) is 9.84 Å². The minimum atomic E-state index is -3.29. The number of sulfone groups is 1. The predicted molar refractivity (Wildman–Crippen MR) is 104 cm³/mol. The topological polar surface area (TPSA) is 54.5 Å². The Morgan fingerprint density at radius 1 is 1.00 bits per heavy atom. The van der Waals surface area contributed by atoms with E-state index >= 15 is 0 Å². The van der Waals surface area contributed by atoms with Gasteiger partial charge in [0, 0.05) is 25.4 Å². The van der Waals surface area contributed by atoms with Crippen molar-refractivity contribution in [2.75, 3.05) is 19.8 Å². The predicted octanol–water partition coefficient (Wildman–Crippen LogP) is 4.06. The number of carbonyl (C=O) groups is 1. The normalized spacial score (nSPS) is 16.9. The summed E-state index contributed by atoms with van der Waals surface area (Å²) in [6, 6.07) is 11.8.